The fraction of sp³-hybridized carbons (Fsp3) is 0.348. The Morgan fingerprint density at radius 2 is 1.78 bits per heavy atom. The van der Waals surface area contributed by atoms with Crippen LogP contribution in [0.25, 0.3) is 0 Å². The quantitative estimate of drug-likeness (QED) is 0.248. The van der Waals surface area contributed by atoms with Crippen molar-refractivity contribution in [2.75, 3.05) is 31.6 Å². The summed E-state index contributed by atoms with van der Waals surface area (Å²) in [6.45, 7) is 11.3. The van der Waals surface area contributed by atoms with E-state index in [9.17, 15) is 18.0 Å². The van der Waals surface area contributed by atoms with Gasteiger partial charge >= 0.3 is 6.18 Å². The molecule has 0 aliphatic heterocycles. The summed E-state index contributed by atoms with van der Waals surface area (Å²) in [5.41, 5.74) is -0.436. The molecule has 32 heavy (non-hydrogen) atoms. The second kappa shape index (κ2) is 11.8. The van der Waals surface area contributed by atoms with E-state index >= 15 is 0 Å². The largest absolute Gasteiger partial charge is 0.494 e. The molecule has 0 heterocycles. The summed E-state index contributed by atoms with van der Waals surface area (Å²) in [5.74, 6) is -0.403. The normalized spacial score (nSPS) is 11.3. The number of anilines is 1. The highest BCUT2D eigenvalue weighted by atomic mass is 35.5. The third-order valence-corrected chi connectivity index (χ3v) is 4.94. The molecule has 0 bridgehead atoms. The molecule has 0 atom stereocenters. The van der Waals surface area contributed by atoms with Gasteiger partial charge in [0.1, 0.15) is 11.5 Å². The van der Waals surface area contributed by atoms with Gasteiger partial charge in [-0.1, -0.05) is 32.0 Å². The van der Waals surface area contributed by atoms with E-state index in [1.807, 2.05) is 0 Å². The zero-order chi connectivity index (χ0) is 23.7. The molecule has 0 saturated heterocycles. The lowest BCUT2D eigenvalue weighted by atomic mass is 10.2. The summed E-state index contributed by atoms with van der Waals surface area (Å²) in [5, 5.41) is 2.31. The highest BCUT2D eigenvalue weighted by Crippen LogP contribution is 2.35. The van der Waals surface area contributed by atoms with E-state index in [0.29, 0.717) is 18.0 Å². The van der Waals surface area contributed by atoms with E-state index in [1.54, 1.807) is 24.3 Å². The van der Waals surface area contributed by atoms with Gasteiger partial charge < -0.3 is 19.7 Å². The Hall–Kier alpha value is -2.71. The maximum Gasteiger partial charge on any atom is 0.416 e. The first-order chi connectivity index (χ1) is 15.1. The van der Waals surface area contributed by atoms with Crippen LogP contribution in [-0.4, -0.2) is 37.0 Å². The van der Waals surface area contributed by atoms with Gasteiger partial charge in [-0.2, -0.15) is 13.2 Å². The van der Waals surface area contributed by atoms with E-state index in [1.165, 1.54) is 0 Å². The van der Waals surface area contributed by atoms with Crippen LogP contribution in [-0.2, 0) is 11.0 Å². The standard InChI is InChI=1S/C23H26ClF3N2O3/c1-4-29(5-2)13-6-14-31-19-10-8-18(9-11-19)28-22(30)16(3)32-21-12-7-17(15-20(21)24)23(25,26)27/h7-12,15H,3-6,13-14H2,1-2H3,(H,28,30). The van der Waals surface area contributed by atoms with Crippen LogP contribution in [0.2, 0.25) is 5.02 Å². The maximum atomic E-state index is 12.7. The van der Waals surface area contributed by atoms with Crippen LogP contribution in [0.5, 0.6) is 11.5 Å². The van der Waals surface area contributed by atoms with Gasteiger partial charge in [-0.3, -0.25) is 4.79 Å². The maximum absolute atomic E-state index is 12.7. The molecule has 9 heteroatoms. The van der Waals surface area contributed by atoms with Crippen LogP contribution >= 0.6 is 11.6 Å². The predicted octanol–water partition coefficient (Wildman–Crippen LogP) is 6.00. The Bertz CT molecular complexity index is 914. The van der Waals surface area contributed by atoms with Crippen LogP contribution < -0.4 is 14.8 Å². The van der Waals surface area contributed by atoms with Crippen molar-refractivity contribution < 1.29 is 27.4 Å². The molecule has 0 radical (unpaired) electrons. The van der Waals surface area contributed by atoms with Crippen molar-refractivity contribution in [2.45, 2.75) is 26.4 Å². The predicted molar refractivity (Wildman–Crippen MR) is 119 cm³/mol. The first-order valence-electron chi connectivity index (χ1n) is 10.1. The Morgan fingerprint density at radius 1 is 1.12 bits per heavy atom. The van der Waals surface area contributed by atoms with Crippen molar-refractivity contribution >= 4 is 23.2 Å². The topological polar surface area (TPSA) is 50.8 Å². The summed E-state index contributed by atoms with van der Waals surface area (Å²) in [7, 11) is 0. The van der Waals surface area contributed by atoms with Gasteiger partial charge in [0, 0.05) is 12.2 Å². The minimum absolute atomic E-state index is 0.103. The zero-order valence-corrected chi connectivity index (χ0v) is 18.7. The molecule has 1 amide bonds. The lowest BCUT2D eigenvalue weighted by Crippen LogP contribution is -2.25. The molecule has 5 nitrogen and oxygen atoms in total. The van der Waals surface area contributed by atoms with Gasteiger partial charge in [0.25, 0.3) is 5.91 Å². The number of ether oxygens (including phenoxy) is 2. The van der Waals surface area contributed by atoms with E-state index in [4.69, 9.17) is 21.1 Å². The number of hydrogen-bond donors (Lipinski definition) is 1. The van der Waals surface area contributed by atoms with Crippen molar-refractivity contribution in [3.8, 4) is 11.5 Å². The zero-order valence-electron chi connectivity index (χ0n) is 18.0. The van der Waals surface area contributed by atoms with Crippen LogP contribution in [0.4, 0.5) is 18.9 Å². The third kappa shape index (κ3) is 7.76. The second-order valence-electron chi connectivity index (χ2n) is 6.88. The summed E-state index contributed by atoms with van der Waals surface area (Å²) < 4.78 is 49.1. The number of nitrogens with one attached hydrogen (secondary N) is 1. The minimum atomic E-state index is -4.53. The van der Waals surface area contributed by atoms with Crippen molar-refractivity contribution in [3.63, 3.8) is 0 Å². The lowest BCUT2D eigenvalue weighted by molar-refractivity contribution is -0.137. The second-order valence-corrected chi connectivity index (χ2v) is 7.28. The van der Waals surface area contributed by atoms with E-state index in [2.05, 4.69) is 30.6 Å². The highest BCUT2D eigenvalue weighted by molar-refractivity contribution is 6.32. The fourth-order valence-electron chi connectivity index (χ4n) is 2.79. The van der Waals surface area contributed by atoms with Crippen molar-refractivity contribution in [1.82, 2.24) is 4.90 Å². The molecule has 0 unspecified atom stereocenters. The van der Waals surface area contributed by atoms with Crippen LogP contribution in [0.3, 0.4) is 0 Å². The molecule has 0 aliphatic rings. The number of halogens is 4. The number of alkyl halides is 3. The molecular formula is C23H26ClF3N2O3. The van der Waals surface area contributed by atoms with E-state index in [0.717, 1.165) is 44.3 Å². The number of benzene rings is 2. The van der Waals surface area contributed by atoms with Gasteiger partial charge in [0.15, 0.2) is 5.76 Å². The van der Waals surface area contributed by atoms with E-state index < -0.39 is 17.6 Å². The molecule has 0 aliphatic carbocycles. The monoisotopic (exact) mass is 470 g/mol. The molecule has 0 spiro atoms. The average Bonchev–Trinajstić information content (AvgIpc) is 2.75. The smallest absolute Gasteiger partial charge is 0.416 e. The Balaban J connectivity index is 1.85. The number of carbonyl (C=O) groups is 1. The molecule has 0 saturated carbocycles. The van der Waals surface area contributed by atoms with Crippen molar-refractivity contribution in [1.29, 1.82) is 0 Å². The number of amides is 1. The first-order valence-corrected chi connectivity index (χ1v) is 10.5. The molecule has 1 N–H and O–H groups in total. The Morgan fingerprint density at radius 3 is 2.34 bits per heavy atom. The number of rotatable bonds is 11. The minimum Gasteiger partial charge on any atom is -0.494 e. The number of carbonyl (C=O) groups excluding carboxylic acids is 1. The SMILES string of the molecule is C=C(Oc1ccc(C(F)(F)F)cc1Cl)C(=O)Nc1ccc(OCCCN(CC)CC)cc1. The van der Waals surface area contributed by atoms with Crippen LogP contribution in [0.1, 0.15) is 25.8 Å². The fourth-order valence-corrected chi connectivity index (χ4v) is 3.01. The van der Waals surface area contributed by atoms with Crippen molar-refractivity contribution in [3.05, 3.63) is 65.4 Å². The number of hydrogen-bond acceptors (Lipinski definition) is 4. The third-order valence-electron chi connectivity index (χ3n) is 4.64. The molecule has 2 rings (SSSR count). The van der Waals surface area contributed by atoms with Gasteiger partial charge in [0.2, 0.25) is 0 Å². The summed E-state index contributed by atoms with van der Waals surface area (Å²) >= 11 is 5.83. The first kappa shape index (κ1) is 25.5. The van der Waals surface area contributed by atoms with Gasteiger partial charge in [-0.05, 0) is 62.0 Å². The molecular weight excluding hydrogens is 445 g/mol. The molecule has 0 aromatic heterocycles. The molecule has 2 aromatic carbocycles. The Labute approximate surface area is 190 Å². The van der Waals surface area contributed by atoms with Crippen LogP contribution in [0.15, 0.2) is 54.8 Å². The van der Waals surface area contributed by atoms with Gasteiger partial charge in [-0.15, -0.1) is 0 Å². The molecule has 174 valence electrons. The van der Waals surface area contributed by atoms with Crippen LogP contribution in [0, 0.1) is 0 Å². The lowest BCUT2D eigenvalue weighted by Gasteiger charge is -2.17. The van der Waals surface area contributed by atoms with Gasteiger partial charge in [0.05, 0.1) is 17.2 Å². The number of nitrogens with zero attached hydrogens (tertiary/aromatic N) is 1. The van der Waals surface area contributed by atoms with Gasteiger partial charge in [-0.25, -0.2) is 0 Å². The molecule has 0 fully saturated rings. The Kier molecular flexibility index (Phi) is 9.41. The molecule has 2 aromatic rings. The highest BCUT2D eigenvalue weighted by Gasteiger charge is 2.31. The summed E-state index contributed by atoms with van der Waals surface area (Å²) in [6, 6.07) is 9.35. The summed E-state index contributed by atoms with van der Waals surface area (Å²) in [6.07, 6.45) is -3.62. The summed E-state index contributed by atoms with van der Waals surface area (Å²) in [4.78, 5) is 14.6. The average molecular weight is 471 g/mol. The van der Waals surface area contributed by atoms with E-state index in [-0.39, 0.29) is 16.5 Å². The van der Waals surface area contributed by atoms with Crippen molar-refractivity contribution in [2.24, 2.45) is 0 Å².